The number of ether oxygens (including phenoxy) is 1. The van der Waals surface area contributed by atoms with Gasteiger partial charge in [-0.05, 0) is 126 Å². The molecule has 0 bridgehead atoms. The molecule has 21 rings (SSSR count). The standard InChI is InChI=1S/C36H24N2.C36H28O3P2.C30H20N2/c1-5-13-33-29(9-1)30-10-2-6-14-34(30)37(33)27-21-17-25(18-22-27)26-19-23-28(24-20-26)38-35-15-7-3-11-31(35)32-12-4-8-16-36(32)38;37-40(29-17-5-1-6-18-29,30-19-7-2-8-20-30)35-27-15-13-25-33(35)39-34-26-14-16-28-36(34)41(38,31-21-9-3-10-22-31)32-23-11-4-12-24-32;1-5-16-27-23(12-1)24-13-2-6-17-28(24)31(27)21-10-9-11-22(20-21)32-29-18-7-3-14-25(29)26-15-4-8-19-30(26)32/h1-24H;1-28H;1-20H. The van der Waals surface area contributed by atoms with Gasteiger partial charge in [-0.1, -0.05) is 322 Å². The molecule has 0 aliphatic heterocycles. The normalized spacial score (nSPS) is 11.7. The fourth-order valence-corrected chi connectivity index (χ4v) is 21.8. The topological polar surface area (TPSA) is 63.1 Å². The predicted octanol–water partition coefficient (Wildman–Crippen LogP) is 24.2. The molecule has 0 aliphatic carbocycles. The number of rotatable bonds is 13. The molecule has 0 amide bonds. The maximum atomic E-state index is 15.2. The lowest BCUT2D eigenvalue weighted by Gasteiger charge is -2.25. The summed E-state index contributed by atoms with van der Waals surface area (Å²) in [7, 11) is -6.63. The minimum Gasteiger partial charge on any atom is -0.456 e. The number of para-hydroxylation sites is 10. The van der Waals surface area contributed by atoms with Crippen molar-refractivity contribution in [3.63, 3.8) is 0 Å². The molecule has 0 spiro atoms. The first-order valence-corrected chi connectivity index (χ1v) is 40.8. The number of hydrogen-bond acceptors (Lipinski definition) is 3. The Morgan fingerprint density at radius 1 is 0.180 bits per heavy atom. The predicted molar refractivity (Wildman–Crippen MR) is 467 cm³/mol. The smallest absolute Gasteiger partial charge is 0.174 e. The van der Waals surface area contributed by atoms with Crippen molar-refractivity contribution in [2.24, 2.45) is 0 Å². The summed E-state index contributed by atoms with van der Waals surface area (Å²) in [6.45, 7) is 0. The van der Waals surface area contributed by atoms with E-state index in [1.165, 1.54) is 121 Å². The zero-order valence-corrected chi connectivity index (χ0v) is 62.3. The Kier molecular flexibility index (Phi) is 17.7. The van der Waals surface area contributed by atoms with Gasteiger partial charge in [0.05, 0.1) is 54.7 Å². The number of aromatic nitrogens is 4. The summed E-state index contributed by atoms with van der Waals surface area (Å²) in [4.78, 5) is 0. The SMILES string of the molecule is O=P(c1ccccc1)(c1ccccc1)c1ccccc1Oc1ccccc1P(=O)(c1ccccc1)c1ccccc1.c1cc(-n2c3ccccc3c3ccccc32)cc(-n2c3ccccc3c3ccccc32)c1.c1ccc2c(c1)c1ccccc1n2-c1ccc(-c2ccc(-n3c4ccccc4c4ccccc43)cc2)cc1. The van der Waals surface area contributed by atoms with Crippen molar-refractivity contribution >= 4 is 133 Å². The first kappa shape index (κ1) is 67.8. The molecule has 528 valence electrons. The van der Waals surface area contributed by atoms with Crippen LogP contribution in [-0.4, -0.2) is 18.3 Å². The molecule has 111 heavy (non-hydrogen) atoms. The highest BCUT2D eigenvalue weighted by Crippen LogP contribution is 2.49. The average molecular weight is 1460 g/mol. The Hall–Kier alpha value is -13.8. The Bertz CT molecular complexity index is 6390. The van der Waals surface area contributed by atoms with E-state index in [0.717, 1.165) is 21.2 Å². The van der Waals surface area contributed by atoms with Crippen molar-refractivity contribution in [1.82, 2.24) is 18.3 Å². The lowest BCUT2D eigenvalue weighted by atomic mass is 10.0. The Labute approximate surface area is 643 Å². The summed E-state index contributed by atoms with van der Waals surface area (Å²) < 4.78 is 46.6. The molecule has 0 fully saturated rings. The molecule has 0 saturated carbocycles. The van der Waals surface area contributed by atoms with Crippen LogP contribution in [-0.2, 0) is 9.13 Å². The largest absolute Gasteiger partial charge is 0.456 e. The van der Waals surface area contributed by atoms with Gasteiger partial charge in [-0.25, -0.2) is 0 Å². The van der Waals surface area contributed by atoms with Crippen molar-refractivity contribution in [2.45, 2.75) is 0 Å². The van der Waals surface area contributed by atoms with E-state index in [1.54, 1.807) is 0 Å². The summed E-state index contributed by atoms with van der Waals surface area (Å²) in [6, 6.07) is 149. The molecule has 0 atom stereocenters. The van der Waals surface area contributed by atoms with Crippen LogP contribution >= 0.6 is 14.3 Å². The Morgan fingerprint density at radius 3 is 0.640 bits per heavy atom. The highest BCUT2D eigenvalue weighted by molar-refractivity contribution is 7.86. The van der Waals surface area contributed by atoms with E-state index in [2.05, 4.69) is 285 Å². The van der Waals surface area contributed by atoms with Gasteiger partial charge in [0.1, 0.15) is 11.5 Å². The monoisotopic (exact) mass is 1460 g/mol. The molecule has 9 heteroatoms. The van der Waals surface area contributed by atoms with Gasteiger partial charge in [-0.2, -0.15) is 0 Å². The van der Waals surface area contributed by atoms with Gasteiger partial charge in [0.15, 0.2) is 14.3 Å². The average Bonchev–Trinajstić information content (AvgIpc) is 1.52. The van der Waals surface area contributed by atoms with E-state index in [1.807, 2.05) is 170 Å². The molecule has 0 unspecified atom stereocenters. The summed E-state index contributed by atoms with van der Waals surface area (Å²) in [5, 5.41) is 14.3. The van der Waals surface area contributed by atoms with Crippen molar-refractivity contribution in [2.75, 3.05) is 0 Å². The third-order valence-electron chi connectivity index (χ3n) is 21.4. The Balaban J connectivity index is 0.000000113. The number of fused-ring (bicyclic) bond motifs is 12. The molecular formula is C102H72N4O3P2. The Morgan fingerprint density at radius 2 is 0.387 bits per heavy atom. The molecule has 4 heterocycles. The molecule has 0 radical (unpaired) electrons. The van der Waals surface area contributed by atoms with E-state index in [4.69, 9.17) is 4.74 Å². The number of nitrogens with zero attached hydrogens (tertiary/aromatic N) is 4. The molecular weight excluding hydrogens is 1390 g/mol. The van der Waals surface area contributed by atoms with Crippen LogP contribution in [0.5, 0.6) is 11.5 Å². The van der Waals surface area contributed by atoms with Gasteiger partial charge in [0.2, 0.25) is 0 Å². The van der Waals surface area contributed by atoms with Crippen LogP contribution in [0.2, 0.25) is 0 Å². The minimum atomic E-state index is -3.32. The molecule has 0 N–H and O–H groups in total. The van der Waals surface area contributed by atoms with Crippen LogP contribution in [0.1, 0.15) is 0 Å². The van der Waals surface area contributed by atoms with Crippen LogP contribution in [0.3, 0.4) is 0 Å². The van der Waals surface area contributed by atoms with Crippen molar-refractivity contribution < 1.29 is 13.9 Å². The fourth-order valence-electron chi connectivity index (χ4n) is 16.3. The maximum absolute atomic E-state index is 15.2. The fraction of sp³-hybridized carbons (Fsp3) is 0. The highest BCUT2D eigenvalue weighted by Gasteiger charge is 2.36. The second-order valence-corrected chi connectivity index (χ2v) is 33.2. The van der Waals surface area contributed by atoms with Crippen molar-refractivity contribution in [3.8, 4) is 45.4 Å². The van der Waals surface area contributed by atoms with Crippen LogP contribution in [0.25, 0.3) is 121 Å². The van der Waals surface area contributed by atoms with Gasteiger partial charge < -0.3 is 32.1 Å². The lowest BCUT2D eigenvalue weighted by Crippen LogP contribution is -2.27. The maximum Gasteiger partial charge on any atom is 0.174 e. The van der Waals surface area contributed by atoms with Crippen molar-refractivity contribution in [1.29, 1.82) is 0 Å². The number of hydrogen-bond donors (Lipinski definition) is 0. The first-order valence-electron chi connectivity index (χ1n) is 37.4. The molecule has 21 aromatic rings. The molecule has 7 nitrogen and oxygen atoms in total. The van der Waals surface area contributed by atoms with E-state index in [9.17, 15) is 0 Å². The quantitative estimate of drug-likeness (QED) is 0.108. The third-order valence-corrected chi connectivity index (χ3v) is 27.6. The summed E-state index contributed by atoms with van der Waals surface area (Å²) in [5.41, 5.74) is 17.0. The summed E-state index contributed by atoms with van der Waals surface area (Å²) >= 11 is 0. The van der Waals surface area contributed by atoms with Crippen molar-refractivity contribution in [3.05, 3.63) is 437 Å². The van der Waals surface area contributed by atoms with E-state index >= 15 is 9.13 Å². The van der Waals surface area contributed by atoms with Crippen LogP contribution in [0.4, 0.5) is 0 Å². The minimum absolute atomic E-state index is 0.462. The summed E-state index contributed by atoms with van der Waals surface area (Å²) in [6.07, 6.45) is 0. The van der Waals surface area contributed by atoms with E-state index < -0.39 is 14.3 Å². The zero-order chi connectivity index (χ0) is 74.2. The summed E-state index contributed by atoms with van der Waals surface area (Å²) in [5.74, 6) is 0.923. The molecule has 0 aliphatic rings. The van der Waals surface area contributed by atoms with Gasteiger partial charge in [-0.3, -0.25) is 0 Å². The first-order chi connectivity index (χ1) is 54.9. The van der Waals surface area contributed by atoms with Gasteiger partial charge in [-0.15, -0.1) is 0 Å². The van der Waals surface area contributed by atoms with Crippen LogP contribution in [0, 0.1) is 0 Å². The second kappa shape index (κ2) is 29.1. The van der Waals surface area contributed by atoms with Gasteiger partial charge in [0.25, 0.3) is 0 Å². The number of benzene rings is 17. The van der Waals surface area contributed by atoms with Gasteiger partial charge in [0, 0.05) is 87.1 Å². The van der Waals surface area contributed by atoms with E-state index in [-0.39, 0.29) is 0 Å². The molecule has 17 aromatic carbocycles. The second-order valence-electron chi connectivity index (χ2n) is 27.7. The zero-order valence-electron chi connectivity index (χ0n) is 60.5. The van der Waals surface area contributed by atoms with Crippen LogP contribution in [0.15, 0.2) is 437 Å². The third kappa shape index (κ3) is 12.0. The highest BCUT2D eigenvalue weighted by atomic mass is 31.2. The van der Waals surface area contributed by atoms with Gasteiger partial charge >= 0.3 is 0 Å². The van der Waals surface area contributed by atoms with Crippen LogP contribution < -0.4 is 36.6 Å². The lowest BCUT2D eigenvalue weighted by molar-refractivity contribution is 0.489. The molecule has 4 aromatic heterocycles. The molecule has 0 saturated heterocycles. The van der Waals surface area contributed by atoms with E-state index in [0.29, 0.717) is 22.1 Å².